The summed E-state index contributed by atoms with van der Waals surface area (Å²) < 4.78 is 2.49. The molecule has 0 saturated heterocycles. The van der Waals surface area contributed by atoms with Gasteiger partial charge in [0.25, 0.3) is 0 Å². The molecule has 1 aromatic carbocycles. The monoisotopic (exact) mass is 311 g/mol. The van der Waals surface area contributed by atoms with Gasteiger partial charge in [-0.05, 0) is 56.1 Å². The molecule has 114 valence electrons. The summed E-state index contributed by atoms with van der Waals surface area (Å²) >= 11 is 1.96. The van der Waals surface area contributed by atoms with Crippen LogP contribution in [0.3, 0.4) is 0 Å². The molecule has 1 heterocycles. The second-order valence-electron chi connectivity index (χ2n) is 6.91. The van der Waals surface area contributed by atoms with Gasteiger partial charge in [0.1, 0.15) is 5.82 Å². The minimum absolute atomic E-state index is 0.554. The van der Waals surface area contributed by atoms with Crippen molar-refractivity contribution in [1.29, 1.82) is 0 Å². The summed E-state index contributed by atoms with van der Waals surface area (Å²) in [6.07, 6.45) is 9.03. The van der Waals surface area contributed by atoms with E-state index < -0.39 is 0 Å². The summed E-state index contributed by atoms with van der Waals surface area (Å²) in [4.78, 5) is 0. The quantitative estimate of drug-likeness (QED) is 0.822. The van der Waals surface area contributed by atoms with Crippen LogP contribution in [0.25, 0.3) is 0 Å². The van der Waals surface area contributed by atoms with Crippen LogP contribution in [0.2, 0.25) is 0 Å². The van der Waals surface area contributed by atoms with Crippen molar-refractivity contribution in [2.24, 2.45) is 0 Å². The molecular formula is C18H21N3S. The zero-order valence-corrected chi connectivity index (χ0v) is 13.6. The summed E-state index contributed by atoms with van der Waals surface area (Å²) in [6, 6.07) is 9.64. The van der Waals surface area contributed by atoms with Crippen LogP contribution in [0.5, 0.6) is 0 Å². The van der Waals surface area contributed by atoms with Crippen LogP contribution in [-0.4, -0.2) is 14.8 Å². The molecule has 0 spiro atoms. The van der Waals surface area contributed by atoms with Crippen LogP contribution in [0.1, 0.15) is 72.7 Å². The molecule has 0 aliphatic heterocycles. The Labute approximate surface area is 135 Å². The highest BCUT2D eigenvalue weighted by atomic mass is 32.2. The largest absolute Gasteiger partial charge is 0.303 e. The van der Waals surface area contributed by atoms with E-state index in [1.54, 1.807) is 0 Å². The van der Waals surface area contributed by atoms with E-state index in [1.165, 1.54) is 67.1 Å². The predicted molar refractivity (Wildman–Crippen MR) is 88.2 cm³/mol. The predicted octanol–water partition coefficient (Wildman–Crippen LogP) is 4.66. The maximum atomic E-state index is 4.58. The molecule has 1 unspecified atom stereocenters. The van der Waals surface area contributed by atoms with Gasteiger partial charge in [0, 0.05) is 17.2 Å². The van der Waals surface area contributed by atoms with Gasteiger partial charge in [-0.1, -0.05) is 36.0 Å². The topological polar surface area (TPSA) is 30.7 Å². The minimum atomic E-state index is 0.554. The van der Waals surface area contributed by atoms with E-state index >= 15 is 0 Å². The summed E-state index contributed by atoms with van der Waals surface area (Å²) in [7, 11) is 0. The highest BCUT2D eigenvalue weighted by molar-refractivity contribution is 7.99. The first kappa shape index (κ1) is 13.2. The number of hydrogen-bond acceptors (Lipinski definition) is 3. The molecule has 0 bridgehead atoms. The molecular weight excluding hydrogens is 290 g/mol. The van der Waals surface area contributed by atoms with Gasteiger partial charge >= 0.3 is 0 Å². The lowest BCUT2D eigenvalue weighted by Crippen LogP contribution is -2.08. The Morgan fingerprint density at radius 1 is 1.00 bits per heavy atom. The summed E-state index contributed by atoms with van der Waals surface area (Å²) in [5.41, 5.74) is 3.06. The first-order valence-electron chi connectivity index (χ1n) is 8.59. The average molecular weight is 311 g/mol. The third-order valence-electron chi connectivity index (χ3n) is 5.11. The van der Waals surface area contributed by atoms with E-state index in [0.29, 0.717) is 17.2 Å². The van der Waals surface area contributed by atoms with Crippen LogP contribution in [0, 0.1) is 0 Å². The van der Waals surface area contributed by atoms with Crippen molar-refractivity contribution >= 4 is 11.8 Å². The molecule has 3 aliphatic rings. The number of benzene rings is 1. The van der Waals surface area contributed by atoms with Crippen molar-refractivity contribution in [2.75, 3.05) is 0 Å². The zero-order valence-electron chi connectivity index (χ0n) is 12.7. The summed E-state index contributed by atoms with van der Waals surface area (Å²) in [6.45, 7) is 0. The molecule has 2 aromatic rings. The fraction of sp³-hybridized carbons (Fsp3) is 0.556. The van der Waals surface area contributed by atoms with Crippen molar-refractivity contribution in [1.82, 2.24) is 14.8 Å². The van der Waals surface area contributed by atoms with Gasteiger partial charge in [-0.25, -0.2) is 0 Å². The van der Waals surface area contributed by atoms with Crippen LogP contribution in [0.15, 0.2) is 29.4 Å². The average Bonchev–Trinajstić information content (AvgIpc) is 3.47. The van der Waals surface area contributed by atoms with Crippen molar-refractivity contribution in [3.8, 4) is 0 Å². The van der Waals surface area contributed by atoms with Crippen LogP contribution < -0.4 is 0 Å². The molecule has 2 saturated carbocycles. The van der Waals surface area contributed by atoms with E-state index in [2.05, 4.69) is 39.0 Å². The zero-order chi connectivity index (χ0) is 14.5. The molecule has 3 aliphatic carbocycles. The van der Waals surface area contributed by atoms with Gasteiger partial charge in [-0.2, -0.15) is 0 Å². The van der Waals surface area contributed by atoms with Gasteiger partial charge in [-0.3, -0.25) is 0 Å². The third kappa shape index (κ3) is 2.28. The maximum Gasteiger partial charge on any atom is 0.192 e. The van der Waals surface area contributed by atoms with Gasteiger partial charge in [0.2, 0.25) is 0 Å². The molecule has 0 radical (unpaired) electrons. The highest BCUT2D eigenvalue weighted by Crippen LogP contribution is 2.49. The summed E-state index contributed by atoms with van der Waals surface area (Å²) in [5, 5.41) is 10.9. The van der Waals surface area contributed by atoms with Gasteiger partial charge in [0.15, 0.2) is 5.16 Å². The maximum absolute atomic E-state index is 4.58. The molecule has 5 rings (SSSR count). The Bertz CT molecular complexity index is 700. The normalized spacial score (nSPS) is 24.3. The van der Waals surface area contributed by atoms with Crippen molar-refractivity contribution in [2.45, 2.75) is 67.3 Å². The van der Waals surface area contributed by atoms with Gasteiger partial charge in [0.05, 0.1) is 0 Å². The van der Waals surface area contributed by atoms with Crippen molar-refractivity contribution in [3.05, 3.63) is 41.2 Å². The molecule has 0 amide bonds. The Balaban J connectivity index is 1.47. The van der Waals surface area contributed by atoms with Crippen molar-refractivity contribution in [3.63, 3.8) is 0 Å². The fourth-order valence-corrected chi connectivity index (χ4v) is 4.96. The number of nitrogens with zero attached hydrogens (tertiary/aromatic N) is 3. The van der Waals surface area contributed by atoms with E-state index in [-0.39, 0.29) is 0 Å². The number of fused-ring (bicyclic) bond motifs is 1. The molecule has 4 heteroatoms. The van der Waals surface area contributed by atoms with E-state index in [1.807, 2.05) is 11.8 Å². The standard InChI is InChI=1S/C18H21N3S/c1-2-6-15-12(4-1)5-3-7-16(15)22-18-20-19-17(13-8-9-13)21(18)14-10-11-14/h1-2,4,6,13-14,16H,3,5,7-11H2. The van der Waals surface area contributed by atoms with E-state index in [0.717, 1.165) is 0 Å². The smallest absolute Gasteiger partial charge is 0.192 e. The number of aryl methyl sites for hydroxylation is 1. The number of hydrogen-bond donors (Lipinski definition) is 0. The third-order valence-corrected chi connectivity index (χ3v) is 6.37. The molecule has 3 nitrogen and oxygen atoms in total. The van der Waals surface area contributed by atoms with Crippen molar-refractivity contribution < 1.29 is 0 Å². The fourth-order valence-electron chi connectivity index (χ4n) is 3.62. The molecule has 1 atom stereocenters. The molecule has 1 aromatic heterocycles. The molecule has 22 heavy (non-hydrogen) atoms. The SMILES string of the molecule is c1ccc2c(c1)CCCC2Sc1nnc(C2CC2)n1C1CC1. The van der Waals surface area contributed by atoms with Crippen LogP contribution >= 0.6 is 11.8 Å². The second kappa shape index (κ2) is 5.12. The Kier molecular flexibility index (Phi) is 3.07. The van der Waals surface area contributed by atoms with Gasteiger partial charge < -0.3 is 4.57 Å². The molecule has 0 N–H and O–H groups in total. The summed E-state index contributed by atoms with van der Waals surface area (Å²) in [5.74, 6) is 1.97. The van der Waals surface area contributed by atoms with Gasteiger partial charge in [-0.15, -0.1) is 10.2 Å². The number of rotatable bonds is 4. The lowest BCUT2D eigenvalue weighted by molar-refractivity contribution is 0.620. The van der Waals surface area contributed by atoms with Crippen LogP contribution in [-0.2, 0) is 6.42 Å². The number of aromatic nitrogens is 3. The lowest BCUT2D eigenvalue weighted by Gasteiger charge is -2.24. The second-order valence-corrected chi connectivity index (χ2v) is 8.08. The Morgan fingerprint density at radius 2 is 1.86 bits per heavy atom. The number of thioether (sulfide) groups is 1. The van der Waals surface area contributed by atoms with E-state index in [9.17, 15) is 0 Å². The first-order chi connectivity index (χ1) is 10.9. The van der Waals surface area contributed by atoms with E-state index in [4.69, 9.17) is 0 Å². The highest BCUT2D eigenvalue weighted by Gasteiger charge is 2.37. The first-order valence-corrected chi connectivity index (χ1v) is 9.47. The Hall–Kier alpha value is -1.29. The van der Waals surface area contributed by atoms with Crippen LogP contribution in [0.4, 0.5) is 0 Å². The minimum Gasteiger partial charge on any atom is -0.303 e. The Morgan fingerprint density at radius 3 is 2.68 bits per heavy atom. The lowest BCUT2D eigenvalue weighted by atomic mass is 9.91. The molecule has 2 fully saturated rings.